The molecule has 0 aliphatic rings. The Morgan fingerprint density at radius 2 is 2.13 bits per heavy atom. The van der Waals surface area contributed by atoms with Crippen LogP contribution in [0, 0.1) is 11.7 Å². The summed E-state index contributed by atoms with van der Waals surface area (Å²) in [6, 6.07) is 4.56. The molecule has 0 fully saturated rings. The van der Waals surface area contributed by atoms with Crippen LogP contribution in [0.2, 0.25) is 0 Å². The molecule has 3 heteroatoms. The Labute approximate surface area is 98.4 Å². The summed E-state index contributed by atoms with van der Waals surface area (Å²) in [5.74, 6) is 0.00519. The van der Waals surface area contributed by atoms with Gasteiger partial charge in [0.25, 0.3) is 0 Å². The van der Waals surface area contributed by atoms with E-state index in [0.29, 0.717) is 6.42 Å². The molecule has 1 aromatic carbocycles. The molecule has 0 spiro atoms. The predicted molar refractivity (Wildman–Crippen MR) is 63.3 cm³/mol. The molecular weight excluding hydrogens is 259 g/mol. The Hall–Kier alpha value is -0.410. The summed E-state index contributed by atoms with van der Waals surface area (Å²) in [5, 5.41) is 9.85. The molecule has 1 rings (SSSR count). The van der Waals surface area contributed by atoms with E-state index in [2.05, 4.69) is 15.9 Å². The molecule has 0 saturated carbocycles. The van der Waals surface area contributed by atoms with Crippen molar-refractivity contribution in [2.24, 2.45) is 5.92 Å². The van der Waals surface area contributed by atoms with Crippen LogP contribution in [0.5, 0.6) is 0 Å². The molecular formula is C12H16BrFO. The van der Waals surface area contributed by atoms with E-state index in [1.807, 2.05) is 13.8 Å². The van der Waals surface area contributed by atoms with Crippen LogP contribution in [0.25, 0.3) is 0 Å². The normalized spacial score (nSPS) is 15.0. The Morgan fingerprint density at radius 1 is 1.47 bits per heavy atom. The third kappa shape index (κ3) is 3.58. The molecule has 84 valence electrons. The summed E-state index contributed by atoms with van der Waals surface area (Å²) in [7, 11) is 0. The minimum atomic E-state index is -0.364. The van der Waals surface area contributed by atoms with Crippen molar-refractivity contribution >= 4 is 15.9 Å². The molecule has 1 N–H and O–H groups in total. The van der Waals surface area contributed by atoms with Gasteiger partial charge in [-0.1, -0.05) is 42.3 Å². The van der Waals surface area contributed by atoms with Gasteiger partial charge in [-0.25, -0.2) is 4.39 Å². The lowest BCUT2D eigenvalue weighted by atomic mass is 9.96. The summed E-state index contributed by atoms with van der Waals surface area (Å²) in [4.78, 5) is 0. The van der Waals surface area contributed by atoms with Crippen LogP contribution in [0.15, 0.2) is 22.7 Å². The summed E-state index contributed by atoms with van der Waals surface area (Å²) < 4.78 is 13.5. The van der Waals surface area contributed by atoms with E-state index in [9.17, 15) is 9.50 Å². The SMILES string of the molecule is CCC(C)C(O)Cc1ccc(F)cc1Br. The average molecular weight is 275 g/mol. The van der Waals surface area contributed by atoms with Gasteiger partial charge in [0.15, 0.2) is 0 Å². The molecule has 0 aromatic heterocycles. The van der Waals surface area contributed by atoms with E-state index in [1.54, 1.807) is 6.07 Å². The fourth-order valence-corrected chi connectivity index (χ4v) is 1.90. The first-order valence-electron chi connectivity index (χ1n) is 5.16. The minimum Gasteiger partial charge on any atom is -0.393 e. The smallest absolute Gasteiger partial charge is 0.124 e. The molecule has 2 unspecified atom stereocenters. The summed E-state index contributed by atoms with van der Waals surface area (Å²) in [5.41, 5.74) is 0.948. The van der Waals surface area contributed by atoms with Crippen LogP contribution < -0.4 is 0 Å². The summed E-state index contributed by atoms with van der Waals surface area (Å²) >= 11 is 3.30. The van der Waals surface area contributed by atoms with Crippen molar-refractivity contribution in [3.05, 3.63) is 34.1 Å². The second-order valence-electron chi connectivity index (χ2n) is 3.89. The van der Waals surface area contributed by atoms with E-state index >= 15 is 0 Å². The van der Waals surface area contributed by atoms with E-state index in [-0.39, 0.29) is 17.8 Å². The van der Waals surface area contributed by atoms with Crippen molar-refractivity contribution in [2.45, 2.75) is 32.8 Å². The zero-order valence-corrected chi connectivity index (χ0v) is 10.6. The average Bonchev–Trinajstić information content (AvgIpc) is 2.20. The highest BCUT2D eigenvalue weighted by Gasteiger charge is 2.14. The topological polar surface area (TPSA) is 20.2 Å². The van der Waals surface area contributed by atoms with Gasteiger partial charge in [-0.05, 0) is 30.0 Å². The molecule has 0 radical (unpaired) electrons. The monoisotopic (exact) mass is 274 g/mol. The largest absolute Gasteiger partial charge is 0.393 e. The van der Waals surface area contributed by atoms with Crippen LogP contribution in [-0.2, 0) is 6.42 Å². The quantitative estimate of drug-likeness (QED) is 0.891. The van der Waals surface area contributed by atoms with Gasteiger partial charge < -0.3 is 5.11 Å². The zero-order chi connectivity index (χ0) is 11.4. The number of hydrogen-bond donors (Lipinski definition) is 1. The van der Waals surface area contributed by atoms with Gasteiger partial charge >= 0.3 is 0 Å². The van der Waals surface area contributed by atoms with E-state index in [4.69, 9.17) is 0 Å². The summed E-state index contributed by atoms with van der Waals surface area (Å²) in [6.07, 6.45) is 1.15. The lowest BCUT2D eigenvalue weighted by Crippen LogP contribution is -2.19. The Morgan fingerprint density at radius 3 is 2.67 bits per heavy atom. The van der Waals surface area contributed by atoms with Crippen molar-refractivity contribution in [3.8, 4) is 0 Å². The van der Waals surface area contributed by atoms with E-state index in [1.165, 1.54) is 12.1 Å². The van der Waals surface area contributed by atoms with Crippen molar-refractivity contribution in [2.75, 3.05) is 0 Å². The lowest BCUT2D eigenvalue weighted by molar-refractivity contribution is 0.114. The molecule has 2 atom stereocenters. The maximum absolute atomic E-state index is 12.8. The van der Waals surface area contributed by atoms with Crippen LogP contribution in [0.1, 0.15) is 25.8 Å². The number of halogens is 2. The van der Waals surface area contributed by atoms with Gasteiger partial charge in [0.2, 0.25) is 0 Å². The molecule has 1 nitrogen and oxygen atoms in total. The second-order valence-corrected chi connectivity index (χ2v) is 4.75. The highest BCUT2D eigenvalue weighted by molar-refractivity contribution is 9.10. The predicted octanol–water partition coefficient (Wildman–Crippen LogP) is 3.54. The number of rotatable bonds is 4. The minimum absolute atomic E-state index is 0.261. The maximum atomic E-state index is 12.8. The molecule has 0 heterocycles. The Bertz CT molecular complexity index is 327. The highest BCUT2D eigenvalue weighted by atomic mass is 79.9. The van der Waals surface area contributed by atoms with Gasteiger partial charge in [-0.3, -0.25) is 0 Å². The van der Waals surface area contributed by atoms with E-state index < -0.39 is 0 Å². The molecule has 0 aliphatic carbocycles. The van der Waals surface area contributed by atoms with Crippen LogP contribution in [0.4, 0.5) is 4.39 Å². The van der Waals surface area contributed by atoms with Crippen LogP contribution in [-0.4, -0.2) is 11.2 Å². The Balaban J connectivity index is 2.72. The molecule has 15 heavy (non-hydrogen) atoms. The van der Waals surface area contributed by atoms with Crippen molar-refractivity contribution in [1.29, 1.82) is 0 Å². The van der Waals surface area contributed by atoms with Gasteiger partial charge in [-0.2, -0.15) is 0 Å². The molecule has 0 bridgehead atoms. The molecule has 0 saturated heterocycles. The second kappa shape index (κ2) is 5.61. The standard InChI is InChI=1S/C12H16BrFO/c1-3-8(2)12(15)6-9-4-5-10(14)7-11(9)13/h4-5,7-8,12,15H,3,6H2,1-2H3. The molecule has 0 amide bonds. The first kappa shape index (κ1) is 12.7. The third-order valence-corrected chi connectivity index (χ3v) is 3.48. The number of aliphatic hydroxyl groups excluding tert-OH is 1. The first-order valence-corrected chi connectivity index (χ1v) is 5.96. The van der Waals surface area contributed by atoms with Crippen molar-refractivity contribution < 1.29 is 9.50 Å². The Kier molecular flexibility index (Phi) is 4.74. The first-order chi connectivity index (χ1) is 7.04. The van der Waals surface area contributed by atoms with Crippen LogP contribution >= 0.6 is 15.9 Å². The van der Waals surface area contributed by atoms with Gasteiger partial charge in [0, 0.05) is 4.47 Å². The van der Waals surface area contributed by atoms with Crippen molar-refractivity contribution in [1.82, 2.24) is 0 Å². The highest BCUT2D eigenvalue weighted by Crippen LogP contribution is 2.21. The fraction of sp³-hybridized carbons (Fsp3) is 0.500. The third-order valence-electron chi connectivity index (χ3n) is 2.74. The van der Waals surface area contributed by atoms with Crippen LogP contribution in [0.3, 0.4) is 0 Å². The van der Waals surface area contributed by atoms with Crippen molar-refractivity contribution in [3.63, 3.8) is 0 Å². The number of hydrogen-bond acceptors (Lipinski definition) is 1. The summed E-state index contributed by atoms with van der Waals surface area (Å²) in [6.45, 7) is 4.07. The maximum Gasteiger partial charge on any atom is 0.124 e. The lowest BCUT2D eigenvalue weighted by Gasteiger charge is -2.17. The van der Waals surface area contributed by atoms with Gasteiger partial charge in [0.1, 0.15) is 5.82 Å². The number of benzene rings is 1. The van der Waals surface area contributed by atoms with Gasteiger partial charge in [0.05, 0.1) is 6.10 Å². The zero-order valence-electron chi connectivity index (χ0n) is 9.00. The fourth-order valence-electron chi connectivity index (χ4n) is 1.39. The van der Waals surface area contributed by atoms with E-state index in [0.717, 1.165) is 16.5 Å². The van der Waals surface area contributed by atoms with Gasteiger partial charge in [-0.15, -0.1) is 0 Å². The molecule has 0 aliphatic heterocycles. The molecule has 1 aromatic rings. The number of aliphatic hydroxyl groups is 1.